The zero-order valence-electron chi connectivity index (χ0n) is 16.1. The van der Waals surface area contributed by atoms with Crippen LogP contribution in [0, 0.1) is 5.82 Å². The van der Waals surface area contributed by atoms with E-state index >= 15 is 0 Å². The van der Waals surface area contributed by atoms with Gasteiger partial charge in [-0.3, -0.25) is 14.5 Å². The summed E-state index contributed by atoms with van der Waals surface area (Å²) in [5, 5.41) is 2.68. The van der Waals surface area contributed by atoms with Crippen LogP contribution in [0.3, 0.4) is 0 Å². The van der Waals surface area contributed by atoms with Crippen molar-refractivity contribution >= 4 is 40.1 Å². The van der Waals surface area contributed by atoms with Gasteiger partial charge in [-0.1, -0.05) is 36.9 Å². The van der Waals surface area contributed by atoms with Crippen molar-refractivity contribution in [2.75, 3.05) is 11.9 Å². The highest BCUT2D eigenvalue weighted by Gasteiger charge is 2.38. The van der Waals surface area contributed by atoms with Crippen molar-refractivity contribution in [3.63, 3.8) is 0 Å². The lowest BCUT2D eigenvalue weighted by molar-refractivity contribution is -0.127. The molecule has 1 N–H and O–H groups in total. The van der Waals surface area contributed by atoms with Crippen molar-refractivity contribution in [2.45, 2.75) is 25.0 Å². The normalized spacial score (nSPS) is 17.6. The van der Waals surface area contributed by atoms with E-state index in [4.69, 9.17) is 0 Å². The molecule has 2 aromatic rings. The molecular weight excluding hydrogens is 389 g/mol. The quantitative estimate of drug-likeness (QED) is 0.681. The number of carbonyl (C=O) groups excluding carboxylic acids is 2. The van der Waals surface area contributed by atoms with Gasteiger partial charge in [0.25, 0.3) is 0 Å². The summed E-state index contributed by atoms with van der Waals surface area (Å²) in [5.41, 5.74) is 2.45. The lowest BCUT2D eigenvalue weighted by atomic mass is 10.2. The predicted octanol–water partition coefficient (Wildman–Crippen LogP) is 4.53. The minimum Gasteiger partial charge on any atom is -0.326 e. The summed E-state index contributed by atoms with van der Waals surface area (Å²) < 4.78 is 13.0. The molecule has 1 heterocycles. The average molecular weight is 412 g/mol. The molecular formula is C22H22FN3O2S. The number of thioether (sulfide) groups is 1. The topological polar surface area (TPSA) is 61.8 Å². The van der Waals surface area contributed by atoms with Crippen molar-refractivity contribution in [3.8, 4) is 0 Å². The van der Waals surface area contributed by atoms with Gasteiger partial charge in [-0.15, -0.1) is 6.58 Å². The number of aryl methyl sites for hydroxylation is 1. The van der Waals surface area contributed by atoms with E-state index < -0.39 is 5.25 Å². The van der Waals surface area contributed by atoms with Gasteiger partial charge in [-0.2, -0.15) is 0 Å². The number of amides is 2. The molecule has 1 aliphatic heterocycles. The second-order valence-electron chi connectivity index (χ2n) is 6.52. The Morgan fingerprint density at radius 3 is 2.55 bits per heavy atom. The van der Waals surface area contributed by atoms with Gasteiger partial charge in [0.05, 0.1) is 5.69 Å². The fourth-order valence-electron chi connectivity index (χ4n) is 2.85. The number of nitrogens with zero attached hydrogens (tertiary/aromatic N) is 2. The van der Waals surface area contributed by atoms with E-state index in [0.29, 0.717) is 17.4 Å². The van der Waals surface area contributed by atoms with Crippen molar-refractivity contribution in [1.29, 1.82) is 0 Å². The fourth-order valence-corrected chi connectivity index (χ4v) is 4.02. The number of benzene rings is 2. The van der Waals surface area contributed by atoms with E-state index in [2.05, 4.69) is 23.8 Å². The van der Waals surface area contributed by atoms with Crippen LogP contribution in [-0.4, -0.2) is 33.7 Å². The zero-order chi connectivity index (χ0) is 20.8. The maximum Gasteiger partial charge on any atom is 0.242 e. The Morgan fingerprint density at radius 1 is 1.24 bits per heavy atom. The Morgan fingerprint density at radius 2 is 1.93 bits per heavy atom. The maximum absolute atomic E-state index is 13.0. The van der Waals surface area contributed by atoms with Crippen LogP contribution in [0.4, 0.5) is 15.8 Å². The second kappa shape index (κ2) is 9.52. The van der Waals surface area contributed by atoms with Crippen molar-refractivity contribution < 1.29 is 14.0 Å². The average Bonchev–Trinajstić information content (AvgIpc) is 2.99. The van der Waals surface area contributed by atoms with Crippen LogP contribution in [0.25, 0.3) is 0 Å². The van der Waals surface area contributed by atoms with Gasteiger partial charge in [-0.25, -0.2) is 9.38 Å². The van der Waals surface area contributed by atoms with Crippen LogP contribution in [0.15, 0.2) is 66.2 Å². The number of carbonyl (C=O) groups is 2. The lowest BCUT2D eigenvalue weighted by Crippen LogP contribution is -2.33. The van der Waals surface area contributed by atoms with Gasteiger partial charge >= 0.3 is 0 Å². The molecule has 2 amide bonds. The smallest absolute Gasteiger partial charge is 0.242 e. The monoisotopic (exact) mass is 411 g/mol. The SMILES string of the molecule is C=CCN1C(=O)[C@H](CC(=O)Nc2ccc(F)cc2)SC1=Nc1ccc(CC)cc1. The van der Waals surface area contributed by atoms with E-state index in [9.17, 15) is 14.0 Å². The van der Waals surface area contributed by atoms with Gasteiger partial charge in [0.1, 0.15) is 11.1 Å². The summed E-state index contributed by atoms with van der Waals surface area (Å²) in [5.74, 6) is -0.861. The number of rotatable bonds is 7. The molecule has 0 saturated carbocycles. The molecule has 0 aromatic heterocycles. The van der Waals surface area contributed by atoms with Crippen LogP contribution in [0.5, 0.6) is 0 Å². The molecule has 1 fully saturated rings. The number of anilines is 1. The molecule has 1 atom stereocenters. The van der Waals surface area contributed by atoms with Crippen LogP contribution < -0.4 is 5.32 Å². The Balaban J connectivity index is 1.71. The standard InChI is InChI=1S/C22H22FN3O2S/c1-3-13-26-21(28)19(14-20(27)24-17-11-7-16(23)8-12-17)29-22(26)25-18-9-5-15(4-2)6-10-18/h3,5-12,19H,1,4,13-14H2,2H3,(H,24,27)/t19-/m0/s1. The number of hydrogen-bond donors (Lipinski definition) is 1. The molecule has 2 aromatic carbocycles. The Kier molecular flexibility index (Phi) is 6.82. The van der Waals surface area contributed by atoms with Crippen LogP contribution in [0.1, 0.15) is 18.9 Å². The maximum atomic E-state index is 13.0. The summed E-state index contributed by atoms with van der Waals surface area (Å²) in [6.07, 6.45) is 2.58. The summed E-state index contributed by atoms with van der Waals surface area (Å²) in [6.45, 7) is 6.11. The summed E-state index contributed by atoms with van der Waals surface area (Å²) in [4.78, 5) is 31.3. The number of halogens is 1. The number of nitrogens with one attached hydrogen (secondary N) is 1. The minimum absolute atomic E-state index is 0.00229. The van der Waals surface area contributed by atoms with E-state index in [0.717, 1.165) is 12.1 Å². The Bertz CT molecular complexity index is 926. The highest BCUT2D eigenvalue weighted by Crippen LogP contribution is 2.32. The van der Waals surface area contributed by atoms with E-state index in [-0.39, 0.29) is 24.1 Å². The Hall–Kier alpha value is -2.93. The summed E-state index contributed by atoms with van der Waals surface area (Å²) >= 11 is 1.27. The third-order valence-corrected chi connectivity index (χ3v) is 5.58. The third-order valence-electron chi connectivity index (χ3n) is 4.40. The second-order valence-corrected chi connectivity index (χ2v) is 7.69. The van der Waals surface area contributed by atoms with E-state index in [1.807, 2.05) is 24.3 Å². The molecule has 0 bridgehead atoms. The van der Waals surface area contributed by atoms with Gasteiger partial charge < -0.3 is 5.32 Å². The third kappa shape index (κ3) is 5.32. The highest BCUT2D eigenvalue weighted by atomic mass is 32.2. The molecule has 0 unspecified atom stereocenters. The number of hydrogen-bond acceptors (Lipinski definition) is 4. The largest absolute Gasteiger partial charge is 0.326 e. The number of amidine groups is 1. The van der Waals surface area contributed by atoms with Crippen LogP contribution >= 0.6 is 11.8 Å². The first-order valence-corrected chi connectivity index (χ1v) is 10.2. The highest BCUT2D eigenvalue weighted by molar-refractivity contribution is 8.15. The molecule has 150 valence electrons. The van der Waals surface area contributed by atoms with Crippen molar-refractivity contribution in [2.24, 2.45) is 4.99 Å². The number of aliphatic imine (C=N–C) groups is 1. The summed E-state index contributed by atoms with van der Waals surface area (Å²) in [6, 6.07) is 13.3. The van der Waals surface area contributed by atoms with Gasteiger partial charge in [0.2, 0.25) is 11.8 Å². The van der Waals surface area contributed by atoms with Gasteiger partial charge in [-0.05, 0) is 48.4 Å². The summed E-state index contributed by atoms with van der Waals surface area (Å²) in [7, 11) is 0. The fraction of sp³-hybridized carbons (Fsp3) is 0.227. The Labute approximate surface area is 173 Å². The molecule has 0 spiro atoms. The van der Waals surface area contributed by atoms with Gasteiger partial charge in [0.15, 0.2) is 5.17 Å². The molecule has 5 nitrogen and oxygen atoms in total. The van der Waals surface area contributed by atoms with Gasteiger partial charge in [0, 0.05) is 18.7 Å². The van der Waals surface area contributed by atoms with Crippen LogP contribution in [0.2, 0.25) is 0 Å². The van der Waals surface area contributed by atoms with E-state index in [1.165, 1.54) is 41.6 Å². The zero-order valence-corrected chi connectivity index (χ0v) is 16.9. The first kappa shape index (κ1) is 20.8. The molecule has 0 aliphatic carbocycles. The molecule has 29 heavy (non-hydrogen) atoms. The van der Waals surface area contributed by atoms with Crippen molar-refractivity contribution in [3.05, 3.63) is 72.6 Å². The van der Waals surface area contributed by atoms with Crippen molar-refractivity contribution in [1.82, 2.24) is 4.90 Å². The first-order valence-electron chi connectivity index (χ1n) is 9.32. The molecule has 3 rings (SSSR count). The van der Waals surface area contributed by atoms with E-state index in [1.54, 1.807) is 11.0 Å². The molecule has 7 heteroatoms. The van der Waals surface area contributed by atoms with Crippen LogP contribution in [-0.2, 0) is 16.0 Å². The lowest BCUT2D eigenvalue weighted by Gasteiger charge is -2.13. The molecule has 1 aliphatic rings. The predicted molar refractivity (Wildman–Crippen MR) is 116 cm³/mol. The molecule has 1 saturated heterocycles. The molecule has 0 radical (unpaired) electrons. The minimum atomic E-state index is -0.566. The first-order chi connectivity index (χ1) is 14.0.